The first-order chi connectivity index (χ1) is 12.0. The van der Waals surface area contributed by atoms with E-state index in [9.17, 15) is 9.59 Å². The molecule has 2 aliphatic rings. The fourth-order valence-corrected chi connectivity index (χ4v) is 4.01. The van der Waals surface area contributed by atoms with E-state index < -0.39 is 0 Å². The zero-order chi connectivity index (χ0) is 19.7. The van der Waals surface area contributed by atoms with E-state index in [1.54, 1.807) is 6.08 Å². The molecule has 0 saturated heterocycles. The first-order valence-electron chi connectivity index (χ1n) is 9.58. The number of aldehydes is 1. The molecule has 0 amide bonds. The lowest BCUT2D eigenvalue weighted by molar-refractivity contribution is -0.117. The molecule has 1 unspecified atom stereocenters. The van der Waals surface area contributed by atoms with Gasteiger partial charge in [-0.3, -0.25) is 9.59 Å². The molecule has 0 N–H and O–H groups in total. The van der Waals surface area contributed by atoms with Gasteiger partial charge in [-0.2, -0.15) is 0 Å². The van der Waals surface area contributed by atoms with Crippen molar-refractivity contribution in [3.05, 3.63) is 46.8 Å². The van der Waals surface area contributed by atoms with Crippen molar-refractivity contribution in [1.29, 1.82) is 0 Å². The Bertz CT molecular complexity index is 716. The fourth-order valence-electron chi connectivity index (χ4n) is 4.01. The highest BCUT2D eigenvalue weighted by molar-refractivity contribution is 6.11. The average molecular weight is 356 g/mol. The highest BCUT2D eigenvalue weighted by Crippen LogP contribution is 2.62. The molecule has 0 radical (unpaired) electrons. The third-order valence-electron chi connectivity index (χ3n) is 6.59. The molecule has 0 aromatic carbocycles. The van der Waals surface area contributed by atoms with Gasteiger partial charge in [0.1, 0.15) is 0 Å². The number of allylic oxidation sites excluding steroid dienone is 6. The average Bonchev–Trinajstić information content (AvgIpc) is 2.55. The van der Waals surface area contributed by atoms with Crippen molar-refractivity contribution in [2.45, 2.75) is 60.8 Å². The molecule has 0 spiro atoms. The van der Waals surface area contributed by atoms with E-state index in [1.807, 2.05) is 20.0 Å². The maximum absolute atomic E-state index is 12.0. The minimum absolute atomic E-state index is 0.0888. The van der Waals surface area contributed by atoms with Gasteiger partial charge in [0.25, 0.3) is 0 Å². The minimum Gasteiger partial charge on any atom is -0.351 e. The number of rotatable bonds is 6. The summed E-state index contributed by atoms with van der Waals surface area (Å²) in [5, 5.41) is 0. The minimum atomic E-state index is -0.0888. The van der Waals surface area contributed by atoms with E-state index in [0.717, 1.165) is 17.7 Å². The molecule has 1 saturated carbocycles. The summed E-state index contributed by atoms with van der Waals surface area (Å²) in [4.78, 5) is 25.3. The molecule has 26 heavy (non-hydrogen) atoms. The predicted octanol–water partition coefficient (Wildman–Crippen LogP) is 5.21. The summed E-state index contributed by atoms with van der Waals surface area (Å²) in [5.41, 5.74) is 4.43. The monoisotopic (exact) mass is 355 g/mol. The lowest BCUT2D eigenvalue weighted by Gasteiger charge is -2.60. The van der Waals surface area contributed by atoms with Crippen molar-refractivity contribution in [2.75, 3.05) is 7.05 Å². The molecule has 3 nitrogen and oxygen atoms in total. The zero-order valence-electron chi connectivity index (χ0n) is 17.3. The molecule has 142 valence electrons. The lowest BCUT2D eigenvalue weighted by Crippen LogP contribution is -2.52. The van der Waals surface area contributed by atoms with Gasteiger partial charge in [0.15, 0.2) is 12.1 Å². The Labute approximate surface area is 158 Å². The summed E-state index contributed by atoms with van der Waals surface area (Å²) in [6, 6.07) is 0. The maximum atomic E-state index is 12.0. The van der Waals surface area contributed by atoms with Crippen LogP contribution in [0.25, 0.3) is 0 Å². The van der Waals surface area contributed by atoms with Crippen LogP contribution >= 0.6 is 0 Å². The lowest BCUT2D eigenvalue weighted by atomic mass is 9.45. The Morgan fingerprint density at radius 2 is 1.96 bits per heavy atom. The summed E-state index contributed by atoms with van der Waals surface area (Å²) in [5.74, 6) is 0.470. The van der Waals surface area contributed by atoms with Crippen LogP contribution in [0.15, 0.2) is 46.8 Å². The first kappa shape index (κ1) is 20.4. The molecule has 2 rings (SSSR count). The number of Topliss-reactive ketones (excluding diaryl/α,β-unsaturated/α-hetero) is 1. The molecule has 1 atom stereocenters. The Morgan fingerprint density at radius 1 is 1.31 bits per heavy atom. The van der Waals surface area contributed by atoms with E-state index in [4.69, 9.17) is 0 Å². The van der Waals surface area contributed by atoms with Crippen molar-refractivity contribution in [1.82, 2.24) is 4.90 Å². The van der Waals surface area contributed by atoms with Crippen LogP contribution < -0.4 is 0 Å². The van der Waals surface area contributed by atoms with Crippen LogP contribution in [0.3, 0.4) is 0 Å². The second kappa shape index (κ2) is 7.38. The third-order valence-corrected chi connectivity index (χ3v) is 6.59. The van der Waals surface area contributed by atoms with E-state index in [0.29, 0.717) is 24.0 Å². The fraction of sp³-hybridized carbons (Fsp3) is 0.565. The Balaban J connectivity index is 2.24. The summed E-state index contributed by atoms with van der Waals surface area (Å²) in [7, 11) is 2.03. The predicted molar refractivity (Wildman–Crippen MR) is 107 cm³/mol. The van der Waals surface area contributed by atoms with Gasteiger partial charge in [-0.1, -0.05) is 40.7 Å². The number of carbonyl (C=O) groups is 2. The van der Waals surface area contributed by atoms with Crippen LogP contribution in [-0.2, 0) is 9.59 Å². The normalized spacial score (nSPS) is 26.1. The summed E-state index contributed by atoms with van der Waals surface area (Å²) < 4.78 is 0. The van der Waals surface area contributed by atoms with Crippen molar-refractivity contribution in [3.63, 3.8) is 0 Å². The molecule has 1 fully saturated rings. The largest absolute Gasteiger partial charge is 0.351 e. The van der Waals surface area contributed by atoms with Crippen LogP contribution in [0.5, 0.6) is 0 Å². The second-order valence-corrected chi connectivity index (χ2v) is 8.89. The molecule has 1 aliphatic carbocycles. The number of carbonyl (C=O) groups excluding carboxylic acids is 2. The topological polar surface area (TPSA) is 37.4 Å². The number of hydrogen-bond acceptors (Lipinski definition) is 3. The molecule has 1 heterocycles. The Morgan fingerprint density at radius 3 is 2.42 bits per heavy atom. The number of likely N-dealkylation sites (N-methyl/N-ethyl adjacent to an activating group) is 1. The number of nitrogens with zero attached hydrogens (tertiary/aromatic N) is 1. The van der Waals surface area contributed by atoms with Gasteiger partial charge in [-0.05, 0) is 59.8 Å². The second-order valence-electron chi connectivity index (χ2n) is 8.89. The van der Waals surface area contributed by atoms with Crippen molar-refractivity contribution in [2.24, 2.45) is 16.7 Å². The highest BCUT2D eigenvalue weighted by Gasteiger charge is 2.54. The molecule has 0 aromatic rings. The first-order valence-corrected chi connectivity index (χ1v) is 9.58. The number of ketones is 1. The van der Waals surface area contributed by atoms with Crippen molar-refractivity contribution < 1.29 is 9.59 Å². The summed E-state index contributed by atoms with van der Waals surface area (Å²) in [6.45, 7) is 13.4. The number of hydrogen-bond donors (Lipinski definition) is 0. The van der Waals surface area contributed by atoms with Crippen molar-refractivity contribution in [3.8, 4) is 0 Å². The molecular formula is C23H33NO2. The van der Waals surface area contributed by atoms with E-state index >= 15 is 0 Å². The van der Waals surface area contributed by atoms with Crippen LogP contribution in [-0.4, -0.2) is 24.0 Å². The van der Waals surface area contributed by atoms with Gasteiger partial charge in [0.05, 0.1) is 5.57 Å². The van der Waals surface area contributed by atoms with Crippen LogP contribution in [0.2, 0.25) is 0 Å². The van der Waals surface area contributed by atoms with E-state index in [-0.39, 0.29) is 16.8 Å². The quantitative estimate of drug-likeness (QED) is 0.284. The standard InChI is InChI=1S/C23H33NO2/c1-8-9-21(26)17(15-25)10-11-20-16(2)12-18(14-24(20)7)19-13-22(3,4)23(19,5)6/h10-12,14-15,19H,8-9,13H2,1-7H3/b17-10+,20-11-. The molecule has 0 aromatic heterocycles. The SMILES string of the molecule is CCCC(=O)/C(C=O)=C/C=C1/C(C)=CC(C2CC(C)(C)C2(C)C)=CN1C. The van der Waals surface area contributed by atoms with E-state index in [2.05, 4.69) is 51.8 Å². The van der Waals surface area contributed by atoms with Gasteiger partial charge in [-0.15, -0.1) is 0 Å². The molecule has 3 heteroatoms. The van der Waals surface area contributed by atoms with Gasteiger partial charge < -0.3 is 4.90 Å². The van der Waals surface area contributed by atoms with Gasteiger partial charge in [0.2, 0.25) is 0 Å². The summed E-state index contributed by atoms with van der Waals surface area (Å²) >= 11 is 0. The zero-order valence-corrected chi connectivity index (χ0v) is 17.3. The highest BCUT2D eigenvalue weighted by atomic mass is 16.1. The van der Waals surface area contributed by atoms with Crippen molar-refractivity contribution >= 4 is 12.1 Å². The van der Waals surface area contributed by atoms with Crippen LogP contribution in [0.4, 0.5) is 0 Å². The van der Waals surface area contributed by atoms with Crippen LogP contribution in [0.1, 0.15) is 60.8 Å². The molecule has 0 bridgehead atoms. The van der Waals surface area contributed by atoms with Crippen LogP contribution in [0, 0.1) is 16.7 Å². The summed E-state index contributed by atoms with van der Waals surface area (Å²) in [6.07, 6.45) is 11.0. The molecular weight excluding hydrogens is 322 g/mol. The Hall–Kier alpha value is -1.90. The van der Waals surface area contributed by atoms with Gasteiger partial charge in [-0.25, -0.2) is 0 Å². The van der Waals surface area contributed by atoms with E-state index in [1.165, 1.54) is 12.0 Å². The van der Waals surface area contributed by atoms with Gasteiger partial charge >= 0.3 is 0 Å². The Kier molecular flexibility index (Phi) is 5.79. The van der Waals surface area contributed by atoms with Gasteiger partial charge in [0, 0.05) is 25.4 Å². The molecule has 1 aliphatic heterocycles. The third kappa shape index (κ3) is 3.62. The maximum Gasteiger partial charge on any atom is 0.166 e. The smallest absolute Gasteiger partial charge is 0.166 e.